The molecule has 0 aromatic heterocycles. The van der Waals surface area contributed by atoms with E-state index in [-0.39, 0.29) is 12.4 Å². The molecule has 1 nitrogen and oxygen atoms in total. The molecule has 2 rings (SSSR count). The number of hydrogen-bond donors (Lipinski definition) is 0. The van der Waals surface area contributed by atoms with E-state index in [4.69, 9.17) is 23.2 Å². The number of hydrogen-bond acceptors (Lipinski definition) is 2. The third-order valence-corrected chi connectivity index (χ3v) is 4.72. The van der Waals surface area contributed by atoms with Crippen molar-refractivity contribution in [1.82, 2.24) is 4.90 Å². The number of aryl methyl sites for hydroxylation is 1. The lowest BCUT2D eigenvalue weighted by molar-refractivity contribution is 0.400. The molecule has 2 aromatic carbocycles. The number of benzene rings is 2. The third kappa shape index (κ3) is 6.39. The fourth-order valence-electron chi connectivity index (χ4n) is 2.05. The summed E-state index contributed by atoms with van der Waals surface area (Å²) >= 11 is 13.8. The topological polar surface area (TPSA) is 3.24 Å². The molecule has 0 aliphatic carbocycles. The molecule has 0 radical (unpaired) electrons. The predicted molar refractivity (Wildman–Crippen MR) is 101 cm³/mol. The van der Waals surface area contributed by atoms with Crippen LogP contribution < -0.4 is 0 Å². The second-order valence-corrected chi connectivity index (χ2v) is 7.20. The maximum atomic E-state index is 6.15. The van der Waals surface area contributed by atoms with Gasteiger partial charge in [-0.15, -0.1) is 12.4 Å². The smallest absolute Gasteiger partial charge is 0.0417 e. The average molecular weight is 377 g/mol. The third-order valence-electron chi connectivity index (χ3n) is 3.12. The first-order valence-corrected chi connectivity index (χ1v) is 8.48. The second kappa shape index (κ2) is 9.69. The lowest BCUT2D eigenvalue weighted by Crippen LogP contribution is -2.13. The van der Waals surface area contributed by atoms with Gasteiger partial charge in [0.25, 0.3) is 0 Å². The number of halogens is 3. The summed E-state index contributed by atoms with van der Waals surface area (Å²) in [5.41, 5.74) is 1.35. The van der Waals surface area contributed by atoms with Gasteiger partial charge in [0.05, 0.1) is 0 Å². The van der Waals surface area contributed by atoms with Gasteiger partial charge in [-0.3, -0.25) is 0 Å². The van der Waals surface area contributed by atoms with E-state index < -0.39 is 0 Å². The highest BCUT2D eigenvalue weighted by atomic mass is 35.5. The summed E-state index contributed by atoms with van der Waals surface area (Å²) in [4.78, 5) is 4.61. The fraction of sp³-hybridized carbons (Fsp3) is 0.294. The van der Waals surface area contributed by atoms with E-state index in [2.05, 4.69) is 25.1 Å². The van der Waals surface area contributed by atoms with Gasteiger partial charge in [0.1, 0.15) is 0 Å². The summed E-state index contributed by atoms with van der Waals surface area (Å²) in [7, 11) is 4.20. The number of nitrogens with zero attached hydrogens (tertiary/aromatic N) is 1. The van der Waals surface area contributed by atoms with Gasteiger partial charge >= 0.3 is 0 Å². The second-order valence-electron chi connectivity index (χ2n) is 5.21. The van der Waals surface area contributed by atoms with Crippen molar-refractivity contribution >= 4 is 47.4 Å². The fourth-order valence-corrected chi connectivity index (χ4v) is 3.42. The zero-order chi connectivity index (χ0) is 15.2. The van der Waals surface area contributed by atoms with E-state index in [1.807, 2.05) is 36.4 Å². The van der Waals surface area contributed by atoms with E-state index in [1.165, 1.54) is 15.4 Å². The minimum Gasteiger partial charge on any atom is -0.309 e. The minimum atomic E-state index is 0. The van der Waals surface area contributed by atoms with Crippen molar-refractivity contribution in [3.8, 4) is 0 Å². The number of rotatable bonds is 6. The zero-order valence-corrected chi connectivity index (χ0v) is 15.8. The molecular weight excluding hydrogens is 357 g/mol. The summed E-state index contributed by atoms with van der Waals surface area (Å²) < 4.78 is 0. The predicted octanol–water partition coefficient (Wildman–Crippen LogP) is 6.06. The van der Waals surface area contributed by atoms with E-state index in [1.54, 1.807) is 11.8 Å². The van der Waals surface area contributed by atoms with E-state index in [9.17, 15) is 0 Å². The Kier molecular flexibility index (Phi) is 8.66. The van der Waals surface area contributed by atoms with E-state index in [0.717, 1.165) is 29.4 Å². The van der Waals surface area contributed by atoms with Crippen LogP contribution in [0, 0.1) is 0 Å². The summed E-state index contributed by atoms with van der Waals surface area (Å²) in [6.07, 6.45) is 2.20. The van der Waals surface area contributed by atoms with Gasteiger partial charge in [-0.1, -0.05) is 41.0 Å². The van der Waals surface area contributed by atoms with Gasteiger partial charge < -0.3 is 4.90 Å². The minimum absolute atomic E-state index is 0. The monoisotopic (exact) mass is 375 g/mol. The van der Waals surface area contributed by atoms with Crippen LogP contribution in [0.3, 0.4) is 0 Å². The lowest BCUT2D eigenvalue weighted by atomic mass is 10.1. The van der Waals surface area contributed by atoms with Crippen LogP contribution in [0.1, 0.15) is 12.0 Å². The van der Waals surface area contributed by atoms with Crippen molar-refractivity contribution in [2.45, 2.75) is 22.6 Å². The summed E-state index contributed by atoms with van der Waals surface area (Å²) in [5, 5.41) is 1.54. The van der Waals surface area contributed by atoms with E-state index >= 15 is 0 Å². The molecule has 0 amide bonds. The molecule has 0 bridgehead atoms. The largest absolute Gasteiger partial charge is 0.309 e. The van der Waals surface area contributed by atoms with Crippen molar-refractivity contribution in [3.63, 3.8) is 0 Å². The standard InChI is InChI=1S/C17H19Cl2NS.ClH/c1-20(2)11-3-4-13-5-6-15(19)12-17(13)21-16-9-7-14(18)8-10-16;/h5-10,12H,3-4,11H2,1-2H3;1H. The van der Waals surface area contributed by atoms with Crippen molar-refractivity contribution in [2.24, 2.45) is 0 Å². The summed E-state index contributed by atoms with van der Waals surface area (Å²) in [6, 6.07) is 14.1. The highest BCUT2D eigenvalue weighted by Gasteiger charge is 2.06. The van der Waals surface area contributed by atoms with E-state index in [0.29, 0.717) is 0 Å². The van der Waals surface area contributed by atoms with Crippen LogP contribution in [0.4, 0.5) is 0 Å². The molecule has 0 spiro atoms. The highest BCUT2D eigenvalue weighted by Crippen LogP contribution is 2.33. The molecule has 2 aromatic rings. The average Bonchev–Trinajstić information content (AvgIpc) is 2.43. The van der Waals surface area contributed by atoms with Gasteiger partial charge in [-0.05, 0) is 75.4 Å². The van der Waals surface area contributed by atoms with Crippen LogP contribution in [0.2, 0.25) is 10.0 Å². The van der Waals surface area contributed by atoms with Crippen molar-refractivity contribution in [2.75, 3.05) is 20.6 Å². The maximum Gasteiger partial charge on any atom is 0.0417 e. The zero-order valence-electron chi connectivity index (χ0n) is 12.7. The Hall–Kier alpha value is -0.380. The van der Waals surface area contributed by atoms with Crippen LogP contribution in [-0.4, -0.2) is 25.5 Å². The Morgan fingerprint density at radius 3 is 2.23 bits per heavy atom. The van der Waals surface area contributed by atoms with Gasteiger partial charge in [0.2, 0.25) is 0 Å². The molecule has 0 aliphatic heterocycles. The van der Waals surface area contributed by atoms with Crippen molar-refractivity contribution < 1.29 is 0 Å². The molecule has 0 saturated heterocycles. The van der Waals surface area contributed by atoms with Gasteiger partial charge in [-0.2, -0.15) is 0 Å². The maximum absolute atomic E-state index is 6.15. The van der Waals surface area contributed by atoms with Crippen LogP contribution in [0.5, 0.6) is 0 Å². The lowest BCUT2D eigenvalue weighted by Gasteiger charge is -2.12. The SMILES string of the molecule is CN(C)CCCc1ccc(Cl)cc1Sc1ccc(Cl)cc1.Cl. The van der Waals surface area contributed by atoms with Gasteiger partial charge in [0.15, 0.2) is 0 Å². The molecule has 0 N–H and O–H groups in total. The molecule has 0 atom stereocenters. The van der Waals surface area contributed by atoms with Crippen LogP contribution in [0.15, 0.2) is 52.3 Å². The molecule has 5 heteroatoms. The molecule has 120 valence electrons. The highest BCUT2D eigenvalue weighted by molar-refractivity contribution is 7.99. The quantitative estimate of drug-likeness (QED) is 0.602. The first-order chi connectivity index (χ1) is 10.0. The molecule has 22 heavy (non-hydrogen) atoms. The van der Waals surface area contributed by atoms with Crippen LogP contribution in [-0.2, 0) is 6.42 Å². The Balaban J connectivity index is 0.00000242. The first-order valence-electron chi connectivity index (χ1n) is 6.91. The molecule has 0 saturated carbocycles. The molecule has 0 unspecified atom stereocenters. The Morgan fingerprint density at radius 2 is 1.59 bits per heavy atom. The Morgan fingerprint density at radius 1 is 0.955 bits per heavy atom. The van der Waals surface area contributed by atoms with Crippen LogP contribution >= 0.6 is 47.4 Å². The first kappa shape index (κ1) is 19.7. The molecule has 0 aliphatic rings. The molecular formula is C17H20Cl3NS. The Labute approximate surface area is 153 Å². The summed E-state index contributed by atoms with van der Waals surface area (Å²) in [6.45, 7) is 1.09. The van der Waals surface area contributed by atoms with Crippen molar-refractivity contribution in [1.29, 1.82) is 0 Å². The normalized spacial score (nSPS) is 10.6. The molecule has 0 fully saturated rings. The van der Waals surface area contributed by atoms with Crippen LogP contribution in [0.25, 0.3) is 0 Å². The van der Waals surface area contributed by atoms with Gasteiger partial charge in [-0.25, -0.2) is 0 Å². The summed E-state index contributed by atoms with van der Waals surface area (Å²) in [5.74, 6) is 0. The van der Waals surface area contributed by atoms with Crippen molar-refractivity contribution in [3.05, 3.63) is 58.1 Å². The molecule has 0 heterocycles. The Bertz CT molecular complexity index is 585. The van der Waals surface area contributed by atoms with Gasteiger partial charge in [0, 0.05) is 19.8 Å².